The molecular formula is C14H20N4O. The molecule has 1 heterocycles. The Balaban J connectivity index is 2.30. The van der Waals surface area contributed by atoms with E-state index in [2.05, 4.69) is 29.2 Å². The van der Waals surface area contributed by atoms with E-state index in [9.17, 15) is 0 Å². The molecule has 0 bridgehead atoms. The standard InChI is InChI=1S/C14H20N4O/c1-3-10(4-2)9-19-13-11-7-5-6-8-12(11)16-14(17-13)18-15/h5-8,10H,3-4,9,15H2,1-2H3,(H,16,17,18). The minimum atomic E-state index is 0.373. The van der Waals surface area contributed by atoms with E-state index >= 15 is 0 Å². The first-order valence-electron chi connectivity index (χ1n) is 6.64. The van der Waals surface area contributed by atoms with Gasteiger partial charge >= 0.3 is 0 Å². The number of anilines is 1. The third-order valence-corrected chi connectivity index (χ3v) is 3.31. The van der Waals surface area contributed by atoms with Crippen molar-refractivity contribution in [2.75, 3.05) is 12.0 Å². The van der Waals surface area contributed by atoms with Gasteiger partial charge in [-0.2, -0.15) is 4.98 Å². The second kappa shape index (κ2) is 6.33. The normalized spacial score (nSPS) is 10.9. The van der Waals surface area contributed by atoms with Crippen LogP contribution in [0.25, 0.3) is 10.9 Å². The van der Waals surface area contributed by atoms with Crippen LogP contribution in [0.3, 0.4) is 0 Å². The molecule has 3 N–H and O–H groups in total. The molecular weight excluding hydrogens is 240 g/mol. The molecule has 0 radical (unpaired) electrons. The largest absolute Gasteiger partial charge is 0.477 e. The highest BCUT2D eigenvalue weighted by Crippen LogP contribution is 2.24. The fourth-order valence-corrected chi connectivity index (χ4v) is 1.94. The summed E-state index contributed by atoms with van der Waals surface area (Å²) in [5.74, 6) is 6.89. The van der Waals surface area contributed by atoms with Gasteiger partial charge in [-0.05, 0) is 18.1 Å². The van der Waals surface area contributed by atoms with Crippen molar-refractivity contribution in [3.8, 4) is 5.88 Å². The molecule has 2 rings (SSSR count). The molecule has 0 aliphatic heterocycles. The van der Waals surface area contributed by atoms with Gasteiger partial charge in [-0.25, -0.2) is 10.8 Å². The van der Waals surface area contributed by atoms with E-state index in [0.29, 0.717) is 24.4 Å². The zero-order valence-electron chi connectivity index (χ0n) is 11.4. The summed E-state index contributed by atoms with van der Waals surface area (Å²) < 4.78 is 5.86. The predicted molar refractivity (Wildman–Crippen MR) is 76.9 cm³/mol. The number of para-hydroxylation sites is 1. The first-order valence-corrected chi connectivity index (χ1v) is 6.64. The minimum absolute atomic E-state index is 0.373. The van der Waals surface area contributed by atoms with Crippen LogP contribution < -0.4 is 16.0 Å². The smallest absolute Gasteiger partial charge is 0.241 e. The molecule has 5 nitrogen and oxygen atoms in total. The Bertz CT molecular complexity index is 540. The van der Waals surface area contributed by atoms with Crippen LogP contribution in [0.15, 0.2) is 24.3 Å². The molecule has 0 aliphatic rings. The fraction of sp³-hybridized carbons (Fsp3) is 0.429. The number of nitrogen functional groups attached to an aromatic ring is 1. The lowest BCUT2D eigenvalue weighted by atomic mass is 10.1. The van der Waals surface area contributed by atoms with E-state index < -0.39 is 0 Å². The van der Waals surface area contributed by atoms with Crippen LogP contribution in [0.1, 0.15) is 26.7 Å². The van der Waals surface area contributed by atoms with Crippen LogP contribution in [0.5, 0.6) is 5.88 Å². The molecule has 2 aromatic rings. The molecule has 102 valence electrons. The molecule has 5 heteroatoms. The zero-order valence-corrected chi connectivity index (χ0v) is 11.4. The molecule has 0 spiro atoms. The van der Waals surface area contributed by atoms with Gasteiger partial charge in [-0.1, -0.05) is 38.8 Å². The number of nitrogens with one attached hydrogen (secondary N) is 1. The Hall–Kier alpha value is -1.88. The maximum atomic E-state index is 5.86. The van der Waals surface area contributed by atoms with Crippen LogP contribution in [-0.4, -0.2) is 16.6 Å². The number of hydrogen-bond acceptors (Lipinski definition) is 5. The van der Waals surface area contributed by atoms with Gasteiger partial charge in [0, 0.05) is 0 Å². The quantitative estimate of drug-likeness (QED) is 0.617. The highest BCUT2D eigenvalue weighted by Gasteiger charge is 2.10. The van der Waals surface area contributed by atoms with E-state index in [1.807, 2.05) is 24.3 Å². The number of hydrogen-bond donors (Lipinski definition) is 2. The van der Waals surface area contributed by atoms with E-state index in [-0.39, 0.29) is 0 Å². The van der Waals surface area contributed by atoms with Crippen molar-refractivity contribution in [2.45, 2.75) is 26.7 Å². The van der Waals surface area contributed by atoms with Gasteiger partial charge in [-0.3, -0.25) is 5.43 Å². The summed E-state index contributed by atoms with van der Waals surface area (Å²) in [6, 6.07) is 7.76. The summed E-state index contributed by atoms with van der Waals surface area (Å²) in [4.78, 5) is 8.59. The van der Waals surface area contributed by atoms with Crippen LogP contribution in [0, 0.1) is 5.92 Å². The zero-order chi connectivity index (χ0) is 13.7. The van der Waals surface area contributed by atoms with Gasteiger partial charge in [0.05, 0.1) is 17.5 Å². The number of ether oxygens (including phenoxy) is 1. The highest BCUT2D eigenvalue weighted by atomic mass is 16.5. The summed E-state index contributed by atoms with van der Waals surface area (Å²) in [6.45, 7) is 5.00. The molecule has 0 saturated heterocycles. The maximum absolute atomic E-state index is 5.86. The van der Waals surface area contributed by atoms with Crippen LogP contribution in [0.4, 0.5) is 5.95 Å². The fourth-order valence-electron chi connectivity index (χ4n) is 1.94. The lowest BCUT2D eigenvalue weighted by Gasteiger charge is -2.14. The number of rotatable bonds is 6. The van der Waals surface area contributed by atoms with Crippen molar-refractivity contribution in [1.82, 2.24) is 9.97 Å². The molecule has 0 unspecified atom stereocenters. The Morgan fingerprint density at radius 2 is 1.95 bits per heavy atom. The molecule has 0 aliphatic carbocycles. The third kappa shape index (κ3) is 3.12. The molecule has 1 aromatic heterocycles. The topological polar surface area (TPSA) is 73.1 Å². The lowest BCUT2D eigenvalue weighted by molar-refractivity contribution is 0.235. The lowest BCUT2D eigenvalue weighted by Crippen LogP contribution is -2.14. The molecule has 0 amide bonds. The average Bonchev–Trinajstić information content (AvgIpc) is 2.47. The second-order valence-corrected chi connectivity index (χ2v) is 4.51. The maximum Gasteiger partial charge on any atom is 0.241 e. The number of nitrogens with two attached hydrogens (primary N) is 1. The van der Waals surface area contributed by atoms with E-state index in [1.165, 1.54) is 0 Å². The van der Waals surface area contributed by atoms with Crippen LogP contribution >= 0.6 is 0 Å². The van der Waals surface area contributed by atoms with E-state index in [0.717, 1.165) is 23.7 Å². The minimum Gasteiger partial charge on any atom is -0.477 e. The second-order valence-electron chi connectivity index (χ2n) is 4.51. The number of benzene rings is 1. The number of hydrazine groups is 1. The van der Waals surface area contributed by atoms with Gasteiger partial charge in [0.25, 0.3) is 0 Å². The van der Waals surface area contributed by atoms with Crippen LogP contribution in [0.2, 0.25) is 0 Å². The van der Waals surface area contributed by atoms with E-state index in [4.69, 9.17) is 10.6 Å². The molecule has 19 heavy (non-hydrogen) atoms. The highest BCUT2D eigenvalue weighted by molar-refractivity contribution is 5.84. The van der Waals surface area contributed by atoms with Crippen LogP contribution in [-0.2, 0) is 0 Å². The summed E-state index contributed by atoms with van der Waals surface area (Å²) >= 11 is 0. The summed E-state index contributed by atoms with van der Waals surface area (Å²) in [7, 11) is 0. The molecule has 0 atom stereocenters. The van der Waals surface area contributed by atoms with Crippen molar-refractivity contribution in [3.63, 3.8) is 0 Å². The van der Waals surface area contributed by atoms with Crippen molar-refractivity contribution in [3.05, 3.63) is 24.3 Å². The summed E-state index contributed by atoms with van der Waals surface area (Å²) in [5, 5.41) is 0.910. The number of fused-ring (bicyclic) bond motifs is 1. The van der Waals surface area contributed by atoms with Gasteiger partial charge in [0.15, 0.2) is 0 Å². The van der Waals surface area contributed by atoms with Gasteiger partial charge in [0.2, 0.25) is 11.8 Å². The summed E-state index contributed by atoms with van der Waals surface area (Å²) in [6.07, 6.45) is 2.20. The average molecular weight is 260 g/mol. The first-order chi connectivity index (χ1) is 9.28. The van der Waals surface area contributed by atoms with Crippen molar-refractivity contribution < 1.29 is 4.74 Å². The number of aromatic nitrogens is 2. The summed E-state index contributed by atoms with van der Waals surface area (Å²) in [5.41, 5.74) is 3.30. The Kier molecular flexibility index (Phi) is 4.52. The number of nitrogens with zero attached hydrogens (tertiary/aromatic N) is 2. The third-order valence-electron chi connectivity index (χ3n) is 3.31. The first kappa shape index (κ1) is 13.5. The van der Waals surface area contributed by atoms with E-state index in [1.54, 1.807) is 0 Å². The van der Waals surface area contributed by atoms with Crippen molar-refractivity contribution in [2.24, 2.45) is 11.8 Å². The monoisotopic (exact) mass is 260 g/mol. The Morgan fingerprint density at radius 3 is 2.63 bits per heavy atom. The predicted octanol–water partition coefficient (Wildman–Crippen LogP) is 2.73. The van der Waals surface area contributed by atoms with Gasteiger partial charge in [-0.15, -0.1) is 0 Å². The molecule has 1 aromatic carbocycles. The SMILES string of the molecule is CCC(CC)COc1nc(NN)nc2ccccc12. The van der Waals surface area contributed by atoms with Crippen molar-refractivity contribution in [1.29, 1.82) is 0 Å². The molecule has 0 saturated carbocycles. The Morgan fingerprint density at radius 1 is 1.21 bits per heavy atom. The van der Waals surface area contributed by atoms with Gasteiger partial charge in [0.1, 0.15) is 0 Å². The molecule has 0 fully saturated rings. The Labute approximate surface area is 113 Å². The van der Waals surface area contributed by atoms with Gasteiger partial charge < -0.3 is 4.74 Å². The van der Waals surface area contributed by atoms with Crippen molar-refractivity contribution >= 4 is 16.9 Å².